The molecule has 0 radical (unpaired) electrons. The molecule has 0 N–H and O–H groups in total. The molecule has 1 aromatic carbocycles. The zero-order chi connectivity index (χ0) is 11.6. The standard InChI is InChI=1S/C9H6BrClF3N/c1-5-2-6(10)4-7(3-5)15-8(11)9(12,13)14/h2-4H,1H3. The lowest BCUT2D eigenvalue weighted by molar-refractivity contribution is -0.0558. The molecule has 82 valence electrons. The second kappa shape index (κ2) is 4.53. The van der Waals surface area contributed by atoms with Gasteiger partial charge < -0.3 is 0 Å². The molecule has 6 heteroatoms. The molecule has 0 amide bonds. The van der Waals surface area contributed by atoms with Crippen molar-refractivity contribution in [3.05, 3.63) is 28.2 Å². The maximum absolute atomic E-state index is 12.1. The third-order valence-electron chi connectivity index (χ3n) is 1.49. The smallest absolute Gasteiger partial charge is 0.232 e. The number of halogens is 5. The Bertz CT molecular complexity index is 381. The Morgan fingerprint density at radius 2 is 1.93 bits per heavy atom. The monoisotopic (exact) mass is 299 g/mol. The van der Waals surface area contributed by atoms with Crippen molar-refractivity contribution in [2.24, 2.45) is 4.99 Å². The Hall–Kier alpha value is -0.550. The predicted molar refractivity (Wildman–Crippen MR) is 57.9 cm³/mol. The SMILES string of the molecule is Cc1cc(Br)cc(N=C(Cl)C(F)(F)F)c1. The highest BCUT2D eigenvalue weighted by Gasteiger charge is 2.34. The van der Waals surface area contributed by atoms with E-state index in [2.05, 4.69) is 20.9 Å². The van der Waals surface area contributed by atoms with Crippen LogP contribution in [0.25, 0.3) is 0 Å². The largest absolute Gasteiger partial charge is 0.444 e. The van der Waals surface area contributed by atoms with Crippen molar-refractivity contribution in [3.8, 4) is 0 Å². The summed E-state index contributed by atoms with van der Waals surface area (Å²) >= 11 is 8.17. The van der Waals surface area contributed by atoms with E-state index in [1.807, 2.05) is 0 Å². The highest BCUT2D eigenvalue weighted by Crippen LogP contribution is 2.26. The van der Waals surface area contributed by atoms with Crippen molar-refractivity contribution in [2.45, 2.75) is 13.1 Å². The first kappa shape index (κ1) is 12.5. The maximum Gasteiger partial charge on any atom is 0.444 e. The quantitative estimate of drug-likeness (QED) is 0.673. The summed E-state index contributed by atoms with van der Waals surface area (Å²) in [7, 11) is 0. The van der Waals surface area contributed by atoms with Crippen LogP contribution in [0.1, 0.15) is 5.56 Å². The molecule has 15 heavy (non-hydrogen) atoms. The van der Waals surface area contributed by atoms with Crippen LogP contribution in [0.4, 0.5) is 18.9 Å². The van der Waals surface area contributed by atoms with Crippen LogP contribution in [0.5, 0.6) is 0 Å². The predicted octanol–water partition coefficient (Wildman–Crippen LogP) is 4.59. The number of rotatable bonds is 1. The molecule has 0 saturated carbocycles. The minimum Gasteiger partial charge on any atom is -0.232 e. The Morgan fingerprint density at radius 1 is 1.33 bits per heavy atom. The van der Waals surface area contributed by atoms with Crippen molar-refractivity contribution in [1.29, 1.82) is 0 Å². The van der Waals surface area contributed by atoms with Crippen LogP contribution < -0.4 is 0 Å². The zero-order valence-electron chi connectivity index (χ0n) is 7.57. The molecular weight excluding hydrogens is 294 g/mol. The van der Waals surface area contributed by atoms with Crippen molar-refractivity contribution in [2.75, 3.05) is 0 Å². The first-order valence-electron chi connectivity index (χ1n) is 3.87. The molecule has 1 rings (SSSR count). The fourth-order valence-electron chi connectivity index (χ4n) is 0.958. The highest BCUT2D eigenvalue weighted by molar-refractivity contribution is 9.10. The minimum absolute atomic E-state index is 0.171. The average Bonchev–Trinajstić information content (AvgIpc) is 1.99. The minimum atomic E-state index is -4.60. The fraction of sp³-hybridized carbons (Fsp3) is 0.222. The van der Waals surface area contributed by atoms with E-state index in [0.29, 0.717) is 4.47 Å². The molecule has 0 aliphatic carbocycles. The summed E-state index contributed by atoms with van der Waals surface area (Å²) in [6.45, 7) is 1.76. The lowest BCUT2D eigenvalue weighted by atomic mass is 10.2. The molecule has 0 atom stereocenters. The summed E-state index contributed by atoms with van der Waals surface area (Å²) in [6.07, 6.45) is -4.60. The van der Waals surface area contributed by atoms with E-state index < -0.39 is 11.3 Å². The van der Waals surface area contributed by atoms with Gasteiger partial charge >= 0.3 is 6.18 Å². The number of hydrogen-bond donors (Lipinski definition) is 0. The van der Waals surface area contributed by atoms with E-state index in [-0.39, 0.29) is 5.69 Å². The Kier molecular flexibility index (Phi) is 3.78. The van der Waals surface area contributed by atoms with Gasteiger partial charge in [-0.2, -0.15) is 13.2 Å². The number of nitrogens with zero attached hydrogens (tertiary/aromatic N) is 1. The zero-order valence-corrected chi connectivity index (χ0v) is 9.91. The summed E-state index contributed by atoms with van der Waals surface area (Å²) in [4.78, 5) is 3.28. The van der Waals surface area contributed by atoms with Crippen LogP contribution in [0.15, 0.2) is 27.7 Å². The maximum atomic E-state index is 12.1. The first-order valence-corrected chi connectivity index (χ1v) is 5.05. The van der Waals surface area contributed by atoms with Crippen LogP contribution in [0, 0.1) is 6.92 Å². The van der Waals surface area contributed by atoms with Gasteiger partial charge in [-0.1, -0.05) is 27.5 Å². The first-order chi connectivity index (χ1) is 6.79. The van der Waals surface area contributed by atoms with E-state index in [4.69, 9.17) is 11.6 Å². The molecule has 0 aliphatic heterocycles. The van der Waals surface area contributed by atoms with Gasteiger partial charge in [0.25, 0.3) is 0 Å². The highest BCUT2D eigenvalue weighted by atomic mass is 79.9. The van der Waals surface area contributed by atoms with Gasteiger partial charge in [0.2, 0.25) is 5.17 Å². The van der Waals surface area contributed by atoms with Gasteiger partial charge in [0, 0.05) is 4.47 Å². The van der Waals surface area contributed by atoms with Crippen LogP contribution in [0.3, 0.4) is 0 Å². The fourth-order valence-corrected chi connectivity index (χ4v) is 1.65. The van der Waals surface area contributed by atoms with E-state index in [9.17, 15) is 13.2 Å². The van der Waals surface area contributed by atoms with Gasteiger partial charge in [0.1, 0.15) is 0 Å². The Balaban J connectivity index is 3.08. The van der Waals surface area contributed by atoms with Gasteiger partial charge in [-0.25, -0.2) is 4.99 Å². The lowest BCUT2D eigenvalue weighted by Gasteiger charge is -2.04. The Labute approximate surface area is 98.1 Å². The molecule has 0 aliphatic rings. The van der Waals surface area contributed by atoms with Crippen molar-refractivity contribution in [1.82, 2.24) is 0 Å². The van der Waals surface area contributed by atoms with Gasteiger partial charge in [-0.05, 0) is 30.7 Å². The van der Waals surface area contributed by atoms with Gasteiger partial charge in [0.15, 0.2) is 0 Å². The Morgan fingerprint density at radius 3 is 2.40 bits per heavy atom. The lowest BCUT2D eigenvalue weighted by Crippen LogP contribution is -2.16. The normalized spacial score (nSPS) is 13.1. The molecule has 0 bridgehead atoms. The second-order valence-corrected chi connectivity index (χ2v) is 4.16. The van der Waals surface area contributed by atoms with Crippen molar-refractivity contribution in [3.63, 3.8) is 0 Å². The number of aryl methyl sites for hydroxylation is 1. The number of alkyl halides is 3. The molecule has 0 fully saturated rings. The average molecular weight is 301 g/mol. The third-order valence-corrected chi connectivity index (χ3v) is 2.24. The molecule has 0 spiro atoms. The summed E-state index contributed by atoms with van der Waals surface area (Å²) < 4.78 is 36.8. The number of hydrogen-bond acceptors (Lipinski definition) is 1. The summed E-state index contributed by atoms with van der Waals surface area (Å²) in [5, 5.41) is -1.37. The van der Waals surface area contributed by atoms with E-state index >= 15 is 0 Å². The molecule has 1 nitrogen and oxygen atoms in total. The van der Waals surface area contributed by atoms with Gasteiger partial charge in [-0.3, -0.25) is 0 Å². The number of benzene rings is 1. The topological polar surface area (TPSA) is 12.4 Å². The van der Waals surface area contributed by atoms with Crippen LogP contribution in [0.2, 0.25) is 0 Å². The number of aliphatic imine (C=N–C) groups is 1. The molecular formula is C9H6BrClF3N. The molecule has 1 aromatic rings. The van der Waals surface area contributed by atoms with Crippen molar-refractivity contribution >= 4 is 38.4 Å². The molecule has 0 saturated heterocycles. The van der Waals surface area contributed by atoms with E-state index in [1.165, 1.54) is 12.1 Å². The summed E-state index contributed by atoms with van der Waals surface area (Å²) in [6, 6.07) is 4.74. The third kappa shape index (κ3) is 3.83. The van der Waals surface area contributed by atoms with Crippen LogP contribution in [-0.4, -0.2) is 11.3 Å². The van der Waals surface area contributed by atoms with E-state index in [0.717, 1.165) is 5.56 Å². The van der Waals surface area contributed by atoms with Gasteiger partial charge in [-0.15, -0.1) is 0 Å². The van der Waals surface area contributed by atoms with E-state index in [1.54, 1.807) is 13.0 Å². The second-order valence-electron chi connectivity index (χ2n) is 2.89. The van der Waals surface area contributed by atoms with Gasteiger partial charge in [0.05, 0.1) is 5.69 Å². The van der Waals surface area contributed by atoms with Crippen LogP contribution in [-0.2, 0) is 0 Å². The van der Waals surface area contributed by atoms with Crippen LogP contribution >= 0.6 is 27.5 Å². The molecule has 0 heterocycles. The molecule has 0 unspecified atom stereocenters. The summed E-state index contributed by atoms with van der Waals surface area (Å²) in [5.41, 5.74) is 0.971. The molecule has 0 aromatic heterocycles. The van der Waals surface area contributed by atoms with Crippen molar-refractivity contribution < 1.29 is 13.2 Å². The summed E-state index contributed by atoms with van der Waals surface area (Å²) in [5.74, 6) is 0.